The van der Waals surface area contributed by atoms with Crippen LogP contribution in [-0.2, 0) is 0 Å². The predicted octanol–water partition coefficient (Wildman–Crippen LogP) is 2.53. The van der Waals surface area contributed by atoms with Crippen LogP contribution in [-0.4, -0.2) is 41.9 Å². The molecule has 2 rings (SSSR count). The van der Waals surface area contributed by atoms with Gasteiger partial charge in [0.2, 0.25) is 0 Å². The van der Waals surface area contributed by atoms with Crippen LogP contribution in [0, 0.1) is 13.8 Å². The lowest BCUT2D eigenvalue weighted by atomic mass is 10.1. The number of aliphatic hydroxyl groups is 1. The molecular formula is C16H25NO2S. The molecule has 2 N–H and O–H groups in total. The monoisotopic (exact) mass is 295 g/mol. The van der Waals surface area contributed by atoms with Gasteiger partial charge in [0.1, 0.15) is 18.5 Å². The van der Waals surface area contributed by atoms with Crippen molar-refractivity contribution in [3.8, 4) is 5.75 Å². The Hall–Kier alpha value is -0.710. The van der Waals surface area contributed by atoms with Crippen molar-refractivity contribution < 1.29 is 9.84 Å². The molecule has 0 radical (unpaired) electrons. The standard InChI is InChI=1S/C16H25NO2S/c1-12-5-6-13(2)16(8-12)19-10-15(18)9-17-14-4-3-7-20-11-14/h5-6,8,14-15,17-18H,3-4,7,9-11H2,1-2H3. The first-order valence-electron chi connectivity index (χ1n) is 7.34. The molecule has 1 heterocycles. The Morgan fingerprint density at radius 1 is 1.45 bits per heavy atom. The maximum Gasteiger partial charge on any atom is 0.122 e. The van der Waals surface area contributed by atoms with Gasteiger partial charge in [0.25, 0.3) is 0 Å². The van der Waals surface area contributed by atoms with Crippen LogP contribution in [0.1, 0.15) is 24.0 Å². The highest BCUT2D eigenvalue weighted by molar-refractivity contribution is 7.99. The van der Waals surface area contributed by atoms with Gasteiger partial charge < -0.3 is 15.2 Å². The first-order chi connectivity index (χ1) is 9.65. The molecule has 1 aromatic rings. The Morgan fingerprint density at radius 2 is 2.30 bits per heavy atom. The van der Waals surface area contributed by atoms with Crippen molar-refractivity contribution in [2.75, 3.05) is 24.7 Å². The molecule has 2 atom stereocenters. The summed E-state index contributed by atoms with van der Waals surface area (Å²) in [7, 11) is 0. The van der Waals surface area contributed by atoms with E-state index in [0.29, 0.717) is 19.2 Å². The highest BCUT2D eigenvalue weighted by Gasteiger charge is 2.15. The first kappa shape index (κ1) is 15.7. The van der Waals surface area contributed by atoms with E-state index in [4.69, 9.17) is 4.74 Å². The van der Waals surface area contributed by atoms with E-state index >= 15 is 0 Å². The van der Waals surface area contributed by atoms with E-state index < -0.39 is 6.10 Å². The van der Waals surface area contributed by atoms with Crippen molar-refractivity contribution >= 4 is 11.8 Å². The summed E-state index contributed by atoms with van der Waals surface area (Å²) in [5.74, 6) is 3.30. The smallest absolute Gasteiger partial charge is 0.122 e. The SMILES string of the molecule is Cc1ccc(C)c(OCC(O)CNC2CCCSC2)c1. The zero-order valence-electron chi connectivity index (χ0n) is 12.4. The molecule has 0 aliphatic carbocycles. The van der Waals surface area contributed by atoms with E-state index in [9.17, 15) is 5.11 Å². The Kier molecular flexibility index (Phi) is 6.20. The second-order valence-corrected chi connectivity index (χ2v) is 6.71. The molecule has 20 heavy (non-hydrogen) atoms. The normalized spacial score (nSPS) is 20.6. The summed E-state index contributed by atoms with van der Waals surface area (Å²) in [6.45, 7) is 5.02. The van der Waals surface area contributed by atoms with E-state index in [1.165, 1.54) is 24.2 Å². The summed E-state index contributed by atoms with van der Waals surface area (Å²) in [5, 5.41) is 13.4. The summed E-state index contributed by atoms with van der Waals surface area (Å²) >= 11 is 1.99. The molecule has 1 aromatic carbocycles. The minimum absolute atomic E-state index is 0.344. The largest absolute Gasteiger partial charge is 0.491 e. The number of hydrogen-bond acceptors (Lipinski definition) is 4. The van der Waals surface area contributed by atoms with Gasteiger partial charge in [0, 0.05) is 18.3 Å². The second-order valence-electron chi connectivity index (χ2n) is 5.56. The Bertz CT molecular complexity index is 419. The van der Waals surface area contributed by atoms with Crippen molar-refractivity contribution in [1.29, 1.82) is 0 Å². The second kappa shape index (κ2) is 7.91. The molecular weight excluding hydrogens is 270 g/mol. The van der Waals surface area contributed by atoms with Crippen molar-refractivity contribution in [2.24, 2.45) is 0 Å². The third-order valence-electron chi connectivity index (χ3n) is 3.58. The number of benzene rings is 1. The third-order valence-corrected chi connectivity index (χ3v) is 4.79. The molecule has 4 heteroatoms. The number of ether oxygens (including phenoxy) is 1. The van der Waals surface area contributed by atoms with Gasteiger partial charge in [0.05, 0.1) is 0 Å². The quantitative estimate of drug-likeness (QED) is 0.846. The third kappa shape index (κ3) is 5.00. The number of aliphatic hydroxyl groups excluding tert-OH is 1. The number of aryl methyl sites for hydroxylation is 2. The number of hydrogen-bond donors (Lipinski definition) is 2. The summed E-state index contributed by atoms with van der Waals surface area (Å²) in [4.78, 5) is 0. The number of nitrogens with one attached hydrogen (secondary N) is 1. The molecule has 0 bridgehead atoms. The fourth-order valence-electron chi connectivity index (χ4n) is 2.31. The lowest BCUT2D eigenvalue weighted by Gasteiger charge is -2.24. The molecule has 0 aromatic heterocycles. The van der Waals surface area contributed by atoms with Crippen LogP contribution in [0.2, 0.25) is 0 Å². The van der Waals surface area contributed by atoms with Crippen LogP contribution in [0.15, 0.2) is 18.2 Å². The molecule has 2 unspecified atom stereocenters. The van der Waals surface area contributed by atoms with Gasteiger partial charge in [0.15, 0.2) is 0 Å². The van der Waals surface area contributed by atoms with Gasteiger partial charge in [-0.25, -0.2) is 0 Å². The van der Waals surface area contributed by atoms with Crippen LogP contribution in [0.25, 0.3) is 0 Å². The molecule has 1 fully saturated rings. The summed E-state index contributed by atoms with van der Waals surface area (Å²) in [6, 6.07) is 6.69. The average molecular weight is 295 g/mol. The number of thioether (sulfide) groups is 1. The van der Waals surface area contributed by atoms with Crippen LogP contribution < -0.4 is 10.1 Å². The van der Waals surface area contributed by atoms with Gasteiger partial charge in [-0.2, -0.15) is 11.8 Å². The summed E-state index contributed by atoms with van der Waals surface area (Å²) < 4.78 is 5.72. The Balaban J connectivity index is 1.71. The van der Waals surface area contributed by atoms with E-state index in [1.807, 2.05) is 31.7 Å². The highest BCUT2D eigenvalue weighted by Crippen LogP contribution is 2.19. The fourth-order valence-corrected chi connectivity index (χ4v) is 3.42. The Morgan fingerprint density at radius 3 is 3.05 bits per heavy atom. The fraction of sp³-hybridized carbons (Fsp3) is 0.625. The van der Waals surface area contributed by atoms with Gasteiger partial charge >= 0.3 is 0 Å². The average Bonchev–Trinajstić information content (AvgIpc) is 2.47. The maximum atomic E-state index is 10.0. The molecule has 0 saturated carbocycles. The first-order valence-corrected chi connectivity index (χ1v) is 8.50. The molecule has 1 aliphatic heterocycles. The van der Waals surface area contributed by atoms with E-state index in [1.54, 1.807) is 0 Å². The molecule has 3 nitrogen and oxygen atoms in total. The van der Waals surface area contributed by atoms with Crippen LogP contribution in [0.3, 0.4) is 0 Å². The van der Waals surface area contributed by atoms with E-state index in [2.05, 4.69) is 17.4 Å². The summed E-state index contributed by atoms with van der Waals surface area (Å²) in [5.41, 5.74) is 2.29. The zero-order chi connectivity index (χ0) is 14.4. The topological polar surface area (TPSA) is 41.5 Å². The maximum absolute atomic E-state index is 10.0. The van der Waals surface area contributed by atoms with Crippen molar-refractivity contribution in [2.45, 2.75) is 38.8 Å². The lowest BCUT2D eigenvalue weighted by molar-refractivity contribution is 0.103. The molecule has 112 valence electrons. The van der Waals surface area contributed by atoms with Crippen LogP contribution >= 0.6 is 11.8 Å². The Labute approximate surface area is 126 Å². The molecule has 0 spiro atoms. The molecule has 0 amide bonds. The minimum Gasteiger partial charge on any atom is -0.491 e. The van der Waals surface area contributed by atoms with Crippen molar-refractivity contribution in [3.05, 3.63) is 29.3 Å². The van der Waals surface area contributed by atoms with Crippen LogP contribution in [0.5, 0.6) is 5.75 Å². The predicted molar refractivity (Wildman–Crippen MR) is 85.8 cm³/mol. The van der Waals surface area contributed by atoms with E-state index in [-0.39, 0.29) is 0 Å². The van der Waals surface area contributed by atoms with Crippen molar-refractivity contribution in [3.63, 3.8) is 0 Å². The molecule has 1 aliphatic rings. The minimum atomic E-state index is -0.457. The van der Waals surface area contributed by atoms with Gasteiger partial charge in [-0.15, -0.1) is 0 Å². The zero-order valence-corrected chi connectivity index (χ0v) is 13.2. The van der Waals surface area contributed by atoms with Gasteiger partial charge in [-0.3, -0.25) is 0 Å². The highest BCUT2D eigenvalue weighted by atomic mass is 32.2. The number of rotatable bonds is 6. The van der Waals surface area contributed by atoms with Crippen molar-refractivity contribution in [1.82, 2.24) is 5.32 Å². The molecule has 1 saturated heterocycles. The van der Waals surface area contributed by atoms with Gasteiger partial charge in [-0.05, 0) is 49.6 Å². The van der Waals surface area contributed by atoms with Crippen LogP contribution in [0.4, 0.5) is 0 Å². The van der Waals surface area contributed by atoms with Gasteiger partial charge in [-0.1, -0.05) is 12.1 Å². The lowest BCUT2D eigenvalue weighted by Crippen LogP contribution is -2.40. The van der Waals surface area contributed by atoms with E-state index in [0.717, 1.165) is 17.1 Å². The summed E-state index contributed by atoms with van der Waals surface area (Å²) in [6.07, 6.45) is 2.04.